The first-order valence-electron chi connectivity index (χ1n) is 8.66. The Labute approximate surface area is 173 Å². The van der Waals surface area contributed by atoms with Crippen LogP contribution in [0, 0.1) is 0 Å². The van der Waals surface area contributed by atoms with Gasteiger partial charge >= 0.3 is 0 Å². The molecule has 4 rings (SSSR count). The molecule has 0 aliphatic carbocycles. The highest BCUT2D eigenvalue weighted by Crippen LogP contribution is 2.30. The van der Waals surface area contributed by atoms with Crippen LogP contribution in [0.1, 0.15) is 0 Å². The van der Waals surface area contributed by atoms with Crippen LogP contribution in [0.2, 0.25) is 5.02 Å². The van der Waals surface area contributed by atoms with Gasteiger partial charge in [-0.25, -0.2) is 18.2 Å². The molecule has 0 aliphatic rings. The quantitative estimate of drug-likeness (QED) is 0.481. The SMILES string of the molecule is Nc1cccc(-c2cc(-c3ccc(Cl)cc3)nn2-c2ccc(S(N)(=O)=O)cc2)c1. The molecule has 29 heavy (non-hydrogen) atoms. The third-order valence-electron chi connectivity index (χ3n) is 4.44. The first-order valence-corrected chi connectivity index (χ1v) is 10.6. The fraction of sp³-hybridized carbons (Fsp3) is 0. The van der Waals surface area contributed by atoms with Crippen LogP contribution in [0.5, 0.6) is 0 Å². The van der Waals surface area contributed by atoms with Crippen LogP contribution >= 0.6 is 11.6 Å². The van der Waals surface area contributed by atoms with E-state index in [1.54, 1.807) is 28.9 Å². The average Bonchev–Trinajstić information content (AvgIpc) is 3.13. The lowest BCUT2D eigenvalue weighted by Crippen LogP contribution is -2.12. The molecule has 4 aromatic rings. The number of nitrogen functional groups attached to an aromatic ring is 1. The largest absolute Gasteiger partial charge is 0.399 e. The predicted molar refractivity (Wildman–Crippen MR) is 115 cm³/mol. The summed E-state index contributed by atoms with van der Waals surface area (Å²) in [6, 6.07) is 23.0. The lowest BCUT2D eigenvalue weighted by molar-refractivity contribution is 0.598. The summed E-state index contributed by atoms with van der Waals surface area (Å²) in [6.45, 7) is 0. The van der Waals surface area contributed by atoms with E-state index in [0.717, 1.165) is 22.5 Å². The first kappa shape index (κ1) is 19.2. The lowest BCUT2D eigenvalue weighted by Gasteiger charge is -2.09. The molecule has 6 nitrogen and oxygen atoms in total. The first-order chi connectivity index (χ1) is 13.8. The van der Waals surface area contributed by atoms with E-state index < -0.39 is 10.0 Å². The third-order valence-corrected chi connectivity index (χ3v) is 5.62. The van der Waals surface area contributed by atoms with Crippen LogP contribution in [-0.2, 0) is 10.0 Å². The van der Waals surface area contributed by atoms with E-state index in [9.17, 15) is 8.42 Å². The van der Waals surface area contributed by atoms with Crippen LogP contribution in [0.15, 0.2) is 83.8 Å². The summed E-state index contributed by atoms with van der Waals surface area (Å²) in [5, 5.41) is 10.6. The molecule has 0 radical (unpaired) electrons. The molecular formula is C21H17ClN4O2S. The summed E-state index contributed by atoms with van der Waals surface area (Å²) in [5.41, 5.74) is 10.6. The molecule has 4 N–H and O–H groups in total. The summed E-state index contributed by atoms with van der Waals surface area (Å²) >= 11 is 6.00. The van der Waals surface area contributed by atoms with Gasteiger partial charge in [0.25, 0.3) is 0 Å². The summed E-state index contributed by atoms with van der Waals surface area (Å²) in [7, 11) is -3.77. The van der Waals surface area contributed by atoms with E-state index in [1.165, 1.54) is 12.1 Å². The molecule has 0 amide bonds. The van der Waals surface area contributed by atoms with Gasteiger partial charge in [-0.1, -0.05) is 35.9 Å². The summed E-state index contributed by atoms with van der Waals surface area (Å²) in [4.78, 5) is 0.0387. The van der Waals surface area contributed by atoms with Crippen molar-refractivity contribution < 1.29 is 8.42 Å². The Kier molecular flexibility index (Phi) is 4.87. The Bertz CT molecular complexity index is 1280. The number of benzene rings is 3. The Morgan fingerprint density at radius 1 is 0.862 bits per heavy atom. The number of aromatic nitrogens is 2. The maximum Gasteiger partial charge on any atom is 0.238 e. The Hall–Kier alpha value is -3.13. The second-order valence-corrected chi connectivity index (χ2v) is 8.50. The standard InChI is InChI=1S/C21H17ClN4O2S/c22-16-6-4-14(5-7-16)20-13-21(15-2-1-3-17(23)12-15)26(25-20)18-8-10-19(11-9-18)29(24,27)28/h1-13H,23H2,(H2,24,27,28). The molecule has 0 atom stereocenters. The van der Waals surface area contributed by atoms with E-state index in [2.05, 4.69) is 0 Å². The minimum atomic E-state index is -3.77. The highest BCUT2D eigenvalue weighted by molar-refractivity contribution is 7.89. The molecule has 0 bridgehead atoms. The maximum absolute atomic E-state index is 11.6. The normalized spacial score (nSPS) is 11.5. The fourth-order valence-corrected chi connectivity index (χ4v) is 3.66. The molecule has 146 valence electrons. The zero-order valence-corrected chi connectivity index (χ0v) is 16.7. The van der Waals surface area contributed by atoms with Gasteiger partial charge in [0.15, 0.2) is 0 Å². The van der Waals surface area contributed by atoms with Crippen LogP contribution < -0.4 is 10.9 Å². The van der Waals surface area contributed by atoms with Gasteiger partial charge in [0.05, 0.1) is 22.0 Å². The Morgan fingerprint density at radius 2 is 1.55 bits per heavy atom. The Balaban J connectivity index is 1.88. The zero-order valence-electron chi connectivity index (χ0n) is 15.2. The van der Waals surface area contributed by atoms with Crippen LogP contribution in [-0.4, -0.2) is 18.2 Å². The molecular weight excluding hydrogens is 408 g/mol. The van der Waals surface area contributed by atoms with Crippen LogP contribution in [0.4, 0.5) is 5.69 Å². The molecule has 0 fully saturated rings. The van der Waals surface area contributed by atoms with E-state index in [0.29, 0.717) is 16.4 Å². The second kappa shape index (κ2) is 7.36. The number of primary sulfonamides is 1. The van der Waals surface area contributed by atoms with Crippen molar-refractivity contribution in [3.8, 4) is 28.2 Å². The van der Waals surface area contributed by atoms with E-state index in [-0.39, 0.29) is 4.90 Å². The minimum absolute atomic E-state index is 0.0387. The van der Waals surface area contributed by atoms with Crippen molar-refractivity contribution in [1.82, 2.24) is 9.78 Å². The molecule has 8 heteroatoms. The number of nitrogens with zero attached hydrogens (tertiary/aromatic N) is 2. The van der Waals surface area contributed by atoms with Gasteiger partial charge in [0.2, 0.25) is 10.0 Å². The molecule has 3 aromatic carbocycles. The van der Waals surface area contributed by atoms with Crippen molar-refractivity contribution in [2.45, 2.75) is 4.90 Å². The van der Waals surface area contributed by atoms with Gasteiger partial charge in [0, 0.05) is 21.8 Å². The maximum atomic E-state index is 11.6. The number of nitrogens with two attached hydrogens (primary N) is 2. The fourth-order valence-electron chi connectivity index (χ4n) is 3.02. The minimum Gasteiger partial charge on any atom is -0.399 e. The third kappa shape index (κ3) is 4.02. The zero-order chi connectivity index (χ0) is 20.6. The van der Waals surface area contributed by atoms with Crippen molar-refractivity contribution in [2.24, 2.45) is 5.14 Å². The molecule has 1 heterocycles. The average molecular weight is 425 g/mol. The second-order valence-electron chi connectivity index (χ2n) is 6.50. The summed E-state index contributed by atoms with van der Waals surface area (Å²) < 4.78 is 24.8. The van der Waals surface area contributed by atoms with E-state index in [1.807, 2.05) is 42.5 Å². The molecule has 0 saturated carbocycles. The van der Waals surface area contributed by atoms with E-state index in [4.69, 9.17) is 27.6 Å². The number of rotatable bonds is 4. The number of halogens is 1. The predicted octanol–water partition coefficient (Wildman–Crippen LogP) is 4.09. The summed E-state index contributed by atoms with van der Waals surface area (Å²) in [5.74, 6) is 0. The lowest BCUT2D eigenvalue weighted by atomic mass is 10.1. The summed E-state index contributed by atoms with van der Waals surface area (Å²) in [6.07, 6.45) is 0. The number of anilines is 1. The van der Waals surface area contributed by atoms with Gasteiger partial charge in [-0.15, -0.1) is 0 Å². The van der Waals surface area contributed by atoms with Gasteiger partial charge in [-0.05, 0) is 54.6 Å². The van der Waals surface area contributed by atoms with Gasteiger partial charge in [-0.3, -0.25) is 0 Å². The van der Waals surface area contributed by atoms with Crippen LogP contribution in [0.3, 0.4) is 0 Å². The number of hydrogen-bond acceptors (Lipinski definition) is 4. The van der Waals surface area contributed by atoms with Crippen molar-refractivity contribution >= 4 is 27.3 Å². The monoisotopic (exact) mass is 424 g/mol. The topological polar surface area (TPSA) is 104 Å². The number of sulfonamides is 1. The molecule has 1 aromatic heterocycles. The molecule has 0 saturated heterocycles. The molecule has 0 aliphatic heterocycles. The van der Waals surface area contributed by atoms with Crippen molar-refractivity contribution in [3.05, 3.63) is 83.9 Å². The van der Waals surface area contributed by atoms with Crippen molar-refractivity contribution in [1.29, 1.82) is 0 Å². The van der Waals surface area contributed by atoms with Gasteiger partial charge in [0.1, 0.15) is 0 Å². The van der Waals surface area contributed by atoms with E-state index >= 15 is 0 Å². The van der Waals surface area contributed by atoms with Crippen molar-refractivity contribution in [2.75, 3.05) is 5.73 Å². The Morgan fingerprint density at radius 3 is 2.17 bits per heavy atom. The molecule has 0 spiro atoms. The smallest absolute Gasteiger partial charge is 0.238 e. The van der Waals surface area contributed by atoms with Crippen LogP contribution in [0.25, 0.3) is 28.2 Å². The highest BCUT2D eigenvalue weighted by Gasteiger charge is 2.15. The van der Waals surface area contributed by atoms with Gasteiger partial charge in [-0.2, -0.15) is 5.10 Å². The number of hydrogen-bond donors (Lipinski definition) is 2. The van der Waals surface area contributed by atoms with Gasteiger partial charge < -0.3 is 5.73 Å². The molecule has 0 unspecified atom stereocenters. The highest BCUT2D eigenvalue weighted by atomic mass is 35.5. The van der Waals surface area contributed by atoms with Crippen molar-refractivity contribution in [3.63, 3.8) is 0 Å².